The number of carbonyl (C=O) groups excluding carboxylic acids is 1. The maximum absolute atomic E-state index is 12.4. The molecule has 22 heavy (non-hydrogen) atoms. The number of benzene rings is 1. The largest absolute Gasteiger partial charge is 0.478 e. The number of fused-ring (bicyclic) bond motifs is 1. The smallest absolute Gasteiger partial charge is 0.268 e. The second-order valence-corrected chi connectivity index (χ2v) is 5.97. The Kier molecular flexibility index (Phi) is 4.36. The van der Waals surface area contributed by atoms with Gasteiger partial charge in [-0.1, -0.05) is 13.0 Å². The molecule has 0 saturated carbocycles. The van der Waals surface area contributed by atoms with Crippen LogP contribution in [0.25, 0.3) is 0 Å². The topological polar surface area (TPSA) is 61.8 Å². The lowest BCUT2D eigenvalue weighted by Crippen LogP contribution is -2.45. The van der Waals surface area contributed by atoms with Gasteiger partial charge in [-0.05, 0) is 50.4 Å². The summed E-state index contributed by atoms with van der Waals surface area (Å²) >= 11 is 0. The molecule has 0 radical (unpaired) electrons. The summed E-state index contributed by atoms with van der Waals surface area (Å²) in [4.78, 5) is 14.2. The summed E-state index contributed by atoms with van der Waals surface area (Å²) in [5.74, 6) is 0.728. The molecular weight excluding hydrogens is 280 g/mol. The van der Waals surface area contributed by atoms with Gasteiger partial charge in [0, 0.05) is 12.6 Å². The zero-order chi connectivity index (χ0) is 15.7. The van der Waals surface area contributed by atoms with E-state index in [1.165, 1.54) is 0 Å². The number of nitrogens with zero attached hydrogens (tertiary/aromatic N) is 1. The summed E-state index contributed by atoms with van der Waals surface area (Å²) in [6.45, 7) is 5.47. The zero-order valence-corrected chi connectivity index (χ0v) is 13.2. The average molecular weight is 304 g/mol. The highest BCUT2D eigenvalue weighted by Crippen LogP contribution is 2.37. The first kappa shape index (κ1) is 15.3. The number of carbonyl (C=O) groups is 1. The molecule has 2 aliphatic heterocycles. The number of hydrogen-bond donors (Lipinski definition) is 2. The van der Waals surface area contributed by atoms with Gasteiger partial charge < -0.3 is 20.1 Å². The fourth-order valence-electron chi connectivity index (χ4n) is 3.32. The maximum Gasteiger partial charge on any atom is 0.268 e. The summed E-state index contributed by atoms with van der Waals surface area (Å²) in [6.07, 6.45) is 1.77. The highest BCUT2D eigenvalue weighted by molar-refractivity contribution is 6.00. The molecule has 1 aromatic rings. The van der Waals surface area contributed by atoms with Crippen LogP contribution in [0.1, 0.15) is 44.8 Å². The molecule has 3 unspecified atom stereocenters. The molecule has 5 nitrogen and oxygen atoms in total. The van der Waals surface area contributed by atoms with Gasteiger partial charge in [0.2, 0.25) is 0 Å². The van der Waals surface area contributed by atoms with Gasteiger partial charge in [0.1, 0.15) is 5.75 Å². The quantitative estimate of drug-likeness (QED) is 0.893. The van der Waals surface area contributed by atoms with E-state index in [0.717, 1.165) is 36.4 Å². The fourth-order valence-corrected chi connectivity index (χ4v) is 3.32. The molecule has 2 heterocycles. The number of likely N-dealkylation sites (N-methyl/N-ethyl adjacent to an activating group) is 1. The minimum absolute atomic E-state index is 0.00290. The van der Waals surface area contributed by atoms with Crippen molar-refractivity contribution < 1.29 is 14.6 Å². The second-order valence-electron chi connectivity index (χ2n) is 5.97. The molecule has 2 N–H and O–H groups in total. The van der Waals surface area contributed by atoms with E-state index in [-0.39, 0.29) is 11.9 Å². The van der Waals surface area contributed by atoms with Crippen LogP contribution in [0.15, 0.2) is 18.2 Å². The Labute approximate surface area is 131 Å². The van der Waals surface area contributed by atoms with Crippen LogP contribution in [0.3, 0.4) is 0 Å². The van der Waals surface area contributed by atoms with E-state index in [2.05, 4.69) is 5.32 Å². The third-order valence-electron chi connectivity index (χ3n) is 4.59. The highest BCUT2D eigenvalue weighted by Gasteiger charge is 2.33. The van der Waals surface area contributed by atoms with Crippen molar-refractivity contribution in [3.8, 4) is 5.75 Å². The molecule has 0 aromatic heterocycles. The second kappa shape index (κ2) is 6.26. The normalized spacial score (nSPS) is 25.8. The number of anilines is 1. The van der Waals surface area contributed by atoms with Crippen LogP contribution >= 0.6 is 0 Å². The third-order valence-corrected chi connectivity index (χ3v) is 4.59. The van der Waals surface area contributed by atoms with Crippen LogP contribution in [0.4, 0.5) is 5.69 Å². The van der Waals surface area contributed by atoms with Crippen molar-refractivity contribution in [3.63, 3.8) is 0 Å². The van der Waals surface area contributed by atoms with Crippen LogP contribution < -0.4 is 15.0 Å². The van der Waals surface area contributed by atoms with E-state index >= 15 is 0 Å². The Morgan fingerprint density at radius 1 is 1.45 bits per heavy atom. The average Bonchev–Trinajstić information content (AvgIpc) is 3.07. The molecule has 3 rings (SSSR count). The molecule has 3 atom stereocenters. The Bertz CT molecular complexity index is 555. The molecular formula is C17H24N2O3. The molecule has 0 bridgehead atoms. The van der Waals surface area contributed by atoms with Crippen LogP contribution in [-0.2, 0) is 4.79 Å². The Morgan fingerprint density at radius 3 is 2.91 bits per heavy atom. The molecule has 0 aliphatic carbocycles. The Hall–Kier alpha value is -1.59. The van der Waals surface area contributed by atoms with Crippen LogP contribution in [-0.4, -0.2) is 36.2 Å². The number of rotatable bonds is 4. The van der Waals surface area contributed by atoms with Crippen molar-refractivity contribution in [1.82, 2.24) is 5.32 Å². The number of aliphatic hydroxyl groups excluding tert-OH is 1. The van der Waals surface area contributed by atoms with Crippen molar-refractivity contribution in [2.24, 2.45) is 0 Å². The maximum atomic E-state index is 12.4. The van der Waals surface area contributed by atoms with Crippen molar-refractivity contribution in [2.75, 3.05) is 18.0 Å². The van der Waals surface area contributed by atoms with E-state index in [9.17, 15) is 9.90 Å². The van der Waals surface area contributed by atoms with Crippen molar-refractivity contribution >= 4 is 11.6 Å². The SMILES string of the molecule is CCC1Oc2ccc(C(O)C3CCCN3)cc2N(CC)C1=O. The van der Waals surface area contributed by atoms with Gasteiger partial charge in [0.25, 0.3) is 5.91 Å². The Morgan fingerprint density at radius 2 is 2.27 bits per heavy atom. The van der Waals surface area contributed by atoms with E-state index < -0.39 is 12.2 Å². The van der Waals surface area contributed by atoms with Crippen LogP contribution in [0, 0.1) is 0 Å². The first-order valence-corrected chi connectivity index (χ1v) is 8.19. The molecule has 1 saturated heterocycles. The lowest BCUT2D eigenvalue weighted by molar-refractivity contribution is -0.126. The number of aliphatic hydroxyl groups is 1. The van der Waals surface area contributed by atoms with E-state index in [4.69, 9.17) is 4.74 Å². The highest BCUT2D eigenvalue weighted by atomic mass is 16.5. The number of amides is 1. The summed E-state index contributed by atoms with van der Waals surface area (Å²) in [6, 6.07) is 5.77. The monoisotopic (exact) mass is 304 g/mol. The minimum Gasteiger partial charge on any atom is -0.478 e. The van der Waals surface area contributed by atoms with Crippen LogP contribution in [0.5, 0.6) is 5.75 Å². The van der Waals surface area contributed by atoms with Gasteiger partial charge in [0.15, 0.2) is 6.10 Å². The van der Waals surface area contributed by atoms with Crippen molar-refractivity contribution in [3.05, 3.63) is 23.8 Å². The van der Waals surface area contributed by atoms with Gasteiger partial charge in [-0.3, -0.25) is 4.79 Å². The summed E-state index contributed by atoms with van der Waals surface area (Å²) in [5.41, 5.74) is 1.61. The molecule has 2 aliphatic rings. The number of nitrogens with one attached hydrogen (secondary N) is 1. The molecule has 0 spiro atoms. The lowest BCUT2D eigenvalue weighted by atomic mass is 9.99. The summed E-state index contributed by atoms with van der Waals surface area (Å²) in [5, 5.41) is 13.9. The minimum atomic E-state index is -0.550. The van der Waals surface area contributed by atoms with Gasteiger partial charge in [-0.25, -0.2) is 0 Å². The van der Waals surface area contributed by atoms with E-state index in [1.54, 1.807) is 4.90 Å². The standard InChI is InChI=1S/C17H24N2O3/c1-3-14-17(21)19(4-2)13-10-11(7-8-15(13)22-14)16(20)12-6-5-9-18-12/h7-8,10,12,14,16,18,20H,3-6,9H2,1-2H3. The molecule has 1 fully saturated rings. The van der Waals surface area contributed by atoms with Crippen molar-refractivity contribution in [2.45, 2.75) is 51.4 Å². The molecule has 1 amide bonds. The van der Waals surface area contributed by atoms with E-state index in [1.807, 2.05) is 32.0 Å². The third kappa shape index (κ3) is 2.59. The van der Waals surface area contributed by atoms with Gasteiger partial charge >= 0.3 is 0 Å². The molecule has 1 aromatic carbocycles. The van der Waals surface area contributed by atoms with Crippen molar-refractivity contribution in [1.29, 1.82) is 0 Å². The number of hydrogen-bond acceptors (Lipinski definition) is 4. The van der Waals surface area contributed by atoms with Gasteiger partial charge in [0.05, 0.1) is 11.8 Å². The first-order valence-electron chi connectivity index (χ1n) is 8.19. The van der Waals surface area contributed by atoms with Gasteiger partial charge in [-0.2, -0.15) is 0 Å². The predicted molar refractivity (Wildman–Crippen MR) is 85.2 cm³/mol. The number of ether oxygens (including phenoxy) is 1. The van der Waals surface area contributed by atoms with Gasteiger partial charge in [-0.15, -0.1) is 0 Å². The van der Waals surface area contributed by atoms with Crippen LogP contribution in [0.2, 0.25) is 0 Å². The summed E-state index contributed by atoms with van der Waals surface area (Å²) in [7, 11) is 0. The summed E-state index contributed by atoms with van der Waals surface area (Å²) < 4.78 is 5.80. The lowest BCUT2D eigenvalue weighted by Gasteiger charge is -2.34. The predicted octanol–water partition coefficient (Wildman–Crippen LogP) is 2.00. The fraction of sp³-hybridized carbons (Fsp3) is 0.588. The molecule has 5 heteroatoms. The Balaban J connectivity index is 1.92. The zero-order valence-electron chi connectivity index (χ0n) is 13.2. The van der Waals surface area contributed by atoms with E-state index in [0.29, 0.717) is 13.0 Å². The molecule has 120 valence electrons. The first-order chi connectivity index (χ1) is 10.7.